The number of aromatic nitrogens is 1. The average molecular weight is 347 g/mol. The molecule has 4 nitrogen and oxygen atoms in total. The fourth-order valence-corrected chi connectivity index (χ4v) is 3.19. The Morgan fingerprint density at radius 3 is 2.87 bits per heavy atom. The van der Waals surface area contributed by atoms with E-state index in [1.165, 1.54) is 11.3 Å². The quantitative estimate of drug-likeness (QED) is 0.730. The third-order valence-corrected chi connectivity index (χ3v) is 4.67. The Bertz CT molecular complexity index is 876. The number of hydrogen-bond acceptors (Lipinski definition) is 4. The zero-order valence-corrected chi connectivity index (χ0v) is 14.3. The Hall–Kier alpha value is -2.11. The first-order valence-corrected chi connectivity index (χ1v) is 8.37. The van der Waals surface area contributed by atoms with E-state index in [-0.39, 0.29) is 5.91 Å². The van der Waals surface area contributed by atoms with Gasteiger partial charge >= 0.3 is 0 Å². The number of fused-ring (bicyclic) bond motifs is 1. The van der Waals surface area contributed by atoms with Gasteiger partial charge in [0.15, 0.2) is 5.13 Å². The van der Waals surface area contributed by atoms with Crippen LogP contribution in [-0.4, -0.2) is 17.5 Å². The molecule has 0 aliphatic heterocycles. The number of anilines is 1. The molecule has 0 saturated carbocycles. The van der Waals surface area contributed by atoms with Gasteiger partial charge in [0.25, 0.3) is 5.91 Å². The average Bonchev–Trinajstić information content (AvgIpc) is 2.91. The molecular formula is C17H15ClN2O2S. The molecule has 1 heterocycles. The zero-order chi connectivity index (χ0) is 16.4. The van der Waals surface area contributed by atoms with E-state index in [1.807, 2.05) is 38.1 Å². The van der Waals surface area contributed by atoms with Crippen molar-refractivity contribution in [3.05, 3.63) is 52.5 Å². The molecule has 1 amide bonds. The number of rotatable bonds is 4. The Morgan fingerprint density at radius 1 is 1.30 bits per heavy atom. The number of ether oxygens (including phenoxy) is 1. The smallest absolute Gasteiger partial charge is 0.257 e. The molecule has 23 heavy (non-hydrogen) atoms. The predicted octanol–water partition coefficient (Wildman–Crippen LogP) is 4.91. The highest BCUT2D eigenvalue weighted by molar-refractivity contribution is 7.22. The lowest BCUT2D eigenvalue weighted by Crippen LogP contribution is -2.11. The Kier molecular flexibility index (Phi) is 4.50. The summed E-state index contributed by atoms with van der Waals surface area (Å²) in [5.74, 6) is 0.572. The second kappa shape index (κ2) is 6.56. The minimum atomic E-state index is -0.226. The van der Waals surface area contributed by atoms with Gasteiger partial charge in [-0.05, 0) is 49.7 Å². The summed E-state index contributed by atoms with van der Waals surface area (Å²) in [4.78, 5) is 16.7. The van der Waals surface area contributed by atoms with E-state index < -0.39 is 0 Å². The lowest BCUT2D eigenvalue weighted by Gasteiger charge is -2.03. The van der Waals surface area contributed by atoms with Crippen LogP contribution in [0.1, 0.15) is 22.8 Å². The minimum Gasteiger partial charge on any atom is -0.494 e. The first kappa shape index (κ1) is 15.8. The number of thiazole rings is 1. The van der Waals surface area contributed by atoms with Crippen molar-refractivity contribution in [3.8, 4) is 5.75 Å². The molecule has 0 spiro atoms. The van der Waals surface area contributed by atoms with Crippen LogP contribution in [0.4, 0.5) is 5.13 Å². The summed E-state index contributed by atoms with van der Waals surface area (Å²) in [6, 6.07) is 10.9. The molecule has 0 aliphatic carbocycles. The van der Waals surface area contributed by atoms with Gasteiger partial charge in [-0.15, -0.1) is 0 Å². The highest BCUT2D eigenvalue weighted by Gasteiger charge is 2.11. The third kappa shape index (κ3) is 3.46. The van der Waals surface area contributed by atoms with Crippen LogP contribution in [0.25, 0.3) is 10.2 Å². The second-order valence-electron chi connectivity index (χ2n) is 5.00. The van der Waals surface area contributed by atoms with Crippen LogP contribution in [0.15, 0.2) is 36.4 Å². The largest absolute Gasteiger partial charge is 0.494 e. The van der Waals surface area contributed by atoms with Crippen molar-refractivity contribution in [2.24, 2.45) is 0 Å². The van der Waals surface area contributed by atoms with E-state index in [0.29, 0.717) is 22.3 Å². The maximum Gasteiger partial charge on any atom is 0.257 e. The van der Waals surface area contributed by atoms with Crippen LogP contribution >= 0.6 is 22.9 Å². The molecule has 0 radical (unpaired) electrons. The maximum atomic E-state index is 12.3. The number of nitrogens with zero attached hydrogens (tertiary/aromatic N) is 1. The Morgan fingerprint density at radius 2 is 2.13 bits per heavy atom. The molecule has 0 saturated heterocycles. The molecule has 118 valence electrons. The second-order valence-corrected chi connectivity index (χ2v) is 6.44. The fourth-order valence-electron chi connectivity index (χ4n) is 2.12. The monoisotopic (exact) mass is 346 g/mol. The van der Waals surface area contributed by atoms with E-state index in [4.69, 9.17) is 16.3 Å². The molecule has 0 atom stereocenters. The molecule has 3 rings (SSSR count). The van der Waals surface area contributed by atoms with Crippen LogP contribution in [-0.2, 0) is 0 Å². The number of nitrogens with one attached hydrogen (secondary N) is 1. The first-order chi connectivity index (χ1) is 11.1. The van der Waals surface area contributed by atoms with Crippen molar-refractivity contribution in [2.45, 2.75) is 13.8 Å². The van der Waals surface area contributed by atoms with E-state index >= 15 is 0 Å². The summed E-state index contributed by atoms with van der Waals surface area (Å²) >= 11 is 7.48. The molecule has 1 N–H and O–H groups in total. The highest BCUT2D eigenvalue weighted by atomic mass is 35.5. The molecule has 3 aromatic rings. The Labute approximate surface area is 143 Å². The first-order valence-electron chi connectivity index (χ1n) is 7.17. The van der Waals surface area contributed by atoms with Crippen LogP contribution in [0.3, 0.4) is 0 Å². The van der Waals surface area contributed by atoms with Crippen molar-refractivity contribution in [1.29, 1.82) is 0 Å². The number of hydrogen-bond donors (Lipinski definition) is 1. The fraction of sp³-hybridized carbons (Fsp3) is 0.176. The van der Waals surface area contributed by atoms with E-state index in [9.17, 15) is 4.79 Å². The van der Waals surface area contributed by atoms with E-state index in [2.05, 4.69) is 10.3 Å². The van der Waals surface area contributed by atoms with Gasteiger partial charge in [0, 0.05) is 10.6 Å². The maximum absolute atomic E-state index is 12.3. The number of benzene rings is 2. The lowest BCUT2D eigenvalue weighted by molar-refractivity contribution is 0.102. The molecule has 0 unspecified atom stereocenters. The van der Waals surface area contributed by atoms with E-state index in [1.54, 1.807) is 12.1 Å². The van der Waals surface area contributed by atoms with Gasteiger partial charge in [-0.2, -0.15) is 0 Å². The number of amides is 1. The summed E-state index contributed by atoms with van der Waals surface area (Å²) in [5.41, 5.74) is 2.28. The van der Waals surface area contributed by atoms with Gasteiger partial charge in [-0.1, -0.05) is 29.0 Å². The van der Waals surface area contributed by atoms with Gasteiger partial charge in [-0.25, -0.2) is 4.98 Å². The van der Waals surface area contributed by atoms with E-state index in [0.717, 1.165) is 21.5 Å². The lowest BCUT2D eigenvalue weighted by atomic mass is 10.1. The standard InChI is InChI=1S/C17H15ClN2O2S/c1-3-22-12-6-7-14-15(9-12)23-17(19-14)20-16(21)11-5-4-10(2)13(18)8-11/h4-9H,3H2,1-2H3,(H,19,20,21). The van der Waals surface area contributed by atoms with Crippen molar-refractivity contribution < 1.29 is 9.53 Å². The van der Waals surface area contributed by atoms with Crippen molar-refractivity contribution in [3.63, 3.8) is 0 Å². The summed E-state index contributed by atoms with van der Waals surface area (Å²) in [5, 5.41) is 3.94. The number of aryl methyl sites for hydroxylation is 1. The third-order valence-electron chi connectivity index (χ3n) is 3.33. The molecule has 0 aliphatic rings. The zero-order valence-electron chi connectivity index (χ0n) is 12.7. The van der Waals surface area contributed by atoms with Crippen LogP contribution in [0.5, 0.6) is 5.75 Å². The van der Waals surface area contributed by atoms with Gasteiger partial charge < -0.3 is 4.74 Å². The number of carbonyl (C=O) groups is 1. The van der Waals surface area contributed by atoms with Gasteiger partial charge in [-0.3, -0.25) is 10.1 Å². The highest BCUT2D eigenvalue weighted by Crippen LogP contribution is 2.29. The summed E-state index contributed by atoms with van der Waals surface area (Å²) in [6.45, 7) is 4.45. The summed E-state index contributed by atoms with van der Waals surface area (Å²) in [6.07, 6.45) is 0. The molecule has 2 aromatic carbocycles. The molecule has 0 bridgehead atoms. The SMILES string of the molecule is CCOc1ccc2nc(NC(=O)c3ccc(C)c(Cl)c3)sc2c1. The summed E-state index contributed by atoms with van der Waals surface area (Å²) < 4.78 is 6.44. The number of carbonyl (C=O) groups excluding carboxylic acids is 1. The Balaban J connectivity index is 1.82. The minimum absolute atomic E-state index is 0.226. The predicted molar refractivity (Wildman–Crippen MR) is 94.9 cm³/mol. The molecule has 6 heteroatoms. The van der Waals surface area contributed by atoms with Crippen LogP contribution in [0.2, 0.25) is 5.02 Å². The topological polar surface area (TPSA) is 51.2 Å². The van der Waals surface area contributed by atoms with Crippen LogP contribution < -0.4 is 10.1 Å². The summed E-state index contributed by atoms with van der Waals surface area (Å²) in [7, 11) is 0. The van der Waals surface area contributed by atoms with Crippen LogP contribution in [0, 0.1) is 6.92 Å². The normalized spacial score (nSPS) is 10.7. The molecule has 0 fully saturated rings. The molecular weight excluding hydrogens is 332 g/mol. The van der Waals surface area contributed by atoms with Gasteiger partial charge in [0.05, 0.1) is 16.8 Å². The van der Waals surface area contributed by atoms with Gasteiger partial charge in [0.2, 0.25) is 0 Å². The number of halogens is 1. The van der Waals surface area contributed by atoms with Crippen molar-refractivity contribution in [1.82, 2.24) is 4.98 Å². The van der Waals surface area contributed by atoms with Crippen molar-refractivity contribution >= 4 is 44.2 Å². The van der Waals surface area contributed by atoms with Gasteiger partial charge in [0.1, 0.15) is 5.75 Å². The molecule has 1 aromatic heterocycles. The van der Waals surface area contributed by atoms with Crippen molar-refractivity contribution in [2.75, 3.05) is 11.9 Å².